The van der Waals surface area contributed by atoms with Gasteiger partial charge in [0.1, 0.15) is 11.6 Å². The van der Waals surface area contributed by atoms with Crippen LogP contribution in [0.1, 0.15) is 36.9 Å². The number of piperidine rings is 1. The largest absolute Gasteiger partial charge is 0.493 e. The fourth-order valence-electron chi connectivity index (χ4n) is 5.10. The maximum Gasteiger partial charge on any atom is 0.410 e. The van der Waals surface area contributed by atoms with Crippen molar-refractivity contribution in [2.75, 3.05) is 37.9 Å². The van der Waals surface area contributed by atoms with Crippen molar-refractivity contribution in [1.29, 1.82) is 0 Å². The van der Waals surface area contributed by atoms with Crippen molar-refractivity contribution < 1.29 is 32.5 Å². The molecular formula is C26H29F3N6O4. The maximum atomic E-state index is 14.2. The topological polar surface area (TPSA) is 114 Å². The Labute approximate surface area is 222 Å². The van der Waals surface area contributed by atoms with Crippen LogP contribution >= 0.6 is 0 Å². The van der Waals surface area contributed by atoms with Crippen LogP contribution in [0.25, 0.3) is 11.3 Å². The van der Waals surface area contributed by atoms with Crippen LogP contribution in [0.3, 0.4) is 0 Å². The minimum atomic E-state index is -4.51. The Kier molecular flexibility index (Phi) is 7.15. The van der Waals surface area contributed by atoms with Gasteiger partial charge in [-0.3, -0.25) is 0 Å². The Morgan fingerprint density at radius 3 is 2.51 bits per heavy atom. The smallest absolute Gasteiger partial charge is 0.410 e. The van der Waals surface area contributed by atoms with Crippen LogP contribution in [-0.4, -0.2) is 70.4 Å². The third-order valence-electron chi connectivity index (χ3n) is 7.17. The van der Waals surface area contributed by atoms with Crippen molar-refractivity contribution in [3.05, 3.63) is 48.2 Å². The lowest BCUT2D eigenvalue weighted by Gasteiger charge is -2.33. The summed E-state index contributed by atoms with van der Waals surface area (Å²) in [6.07, 6.45) is -2.85. The molecule has 2 atom stereocenters. The number of hydrogen-bond acceptors (Lipinski definition) is 7. The second kappa shape index (κ2) is 10.5. The van der Waals surface area contributed by atoms with E-state index in [1.807, 2.05) is 0 Å². The van der Waals surface area contributed by atoms with Gasteiger partial charge in [0.25, 0.3) is 0 Å². The van der Waals surface area contributed by atoms with Crippen molar-refractivity contribution in [1.82, 2.24) is 19.7 Å². The van der Waals surface area contributed by atoms with E-state index < -0.39 is 24.4 Å². The lowest BCUT2D eigenvalue weighted by Crippen LogP contribution is -2.41. The van der Waals surface area contributed by atoms with Crippen LogP contribution in [0, 0.1) is 0 Å². The first-order valence-electron chi connectivity index (χ1n) is 12.5. The van der Waals surface area contributed by atoms with E-state index in [0.717, 1.165) is 4.68 Å². The molecule has 0 radical (unpaired) electrons. The van der Waals surface area contributed by atoms with E-state index in [1.54, 1.807) is 42.6 Å². The number of carboxylic acid groups (broad SMARTS) is 1. The Bertz CT molecular complexity index is 1340. The average molecular weight is 547 g/mol. The number of rotatable bonds is 6. The van der Waals surface area contributed by atoms with E-state index in [1.165, 1.54) is 19.1 Å². The van der Waals surface area contributed by atoms with Crippen molar-refractivity contribution in [2.45, 2.75) is 43.6 Å². The lowest BCUT2D eigenvalue weighted by molar-refractivity contribution is -0.173. The van der Waals surface area contributed by atoms with E-state index in [4.69, 9.17) is 14.6 Å². The molecule has 0 bridgehead atoms. The number of amides is 1. The van der Waals surface area contributed by atoms with Gasteiger partial charge in [-0.05, 0) is 42.7 Å². The van der Waals surface area contributed by atoms with Crippen LogP contribution in [0.15, 0.2) is 42.6 Å². The SMILES string of the molecule is COc1ccc(C2CC(C(F)(F)F)n3nc(-c4ccnc(NC5CCN(C(=O)O)CC5)c4)cc3N2)cc1OC. The number of methoxy groups -OCH3 is 2. The van der Waals surface area contributed by atoms with E-state index in [0.29, 0.717) is 60.1 Å². The highest BCUT2D eigenvalue weighted by Crippen LogP contribution is 2.45. The first kappa shape index (κ1) is 26.4. The monoisotopic (exact) mass is 546 g/mol. The molecule has 2 aliphatic heterocycles. The molecule has 1 amide bonds. The Morgan fingerprint density at radius 1 is 1.10 bits per heavy atom. The normalized spacial score (nSPS) is 19.7. The highest BCUT2D eigenvalue weighted by Gasteiger charge is 2.46. The molecule has 1 fully saturated rings. The second-order valence-corrected chi connectivity index (χ2v) is 9.58. The summed E-state index contributed by atoms with van der Waals surface area (Å²) in [7, 11) is 2.98. The average Bonchev–Trinajstić information content (AvgIpc) is 3.36. The molecule has 0 aliphatic carbocycles. The van der Waals surface area contributed by atoms with Crippen LogP contribution in [0.4, 0.5) is 29.6 Å². The number of pyridine rings is 1. The van der Waals surface area contributed by atoms with Gasteiger partial charge in [-0.15, -0.1) is 0 Å². The predicted molar refractivity (Wildman–Crippen MR) is 137 cm³/mol. The number of ether oxygens (including phenoxy) is 2. The molecule has 0 saturated carbocycles. The lowest BCUT2D eigenvalue weighted by atomic mass is 9.96. The number of carbonyl (C=O) groups is 1. The second-order valence-electron chi connectivity index (χ2n) is 9.58. The third-order valence-corrected chi connectivity index (χ3v) is 7.17. The standard InChI is InChI=1S/C26H29F3N6O4/c1-38-20-4-3-15(11-21(20)39-2)18-13-22(26(27,28)29)35-24(32-18)14-19(33-35)16-5-8-30-23(12-16)31-17-6-9-34(10-7-17)25(36)37/h3-5,8,11-12,14,17-18,22,32H,6-7,9-10,13H2,1-2H3,(H,30,31)(H,36,37). The Morgan fingerprint density at radius 2 is 1.85 bits per heavy atom. The van der Waals surface area contributed by atoms with Gasteiger partial charge in [-0.2, -0.15) is 18.3 Å². The highest BCUT2D eigenvalue weighted by atomic mass is 19.4. The number of fused-ring (bicyclic) bond motifs is 1. The summed E-state index contributed by atoms with van der Waals surface area (Å²) in [6, 6.07) is 7.71. The zero-order valence-electron chi connectivity index (χ0n) is 21.4. The number of halogens is 3. The molecule has 3 N–H and O–H groups in total. The zero-order chi connectivity index (χ0) is 27.7. The molecule has 10 nitrogen and oxygen atoms in total. The number of hydrogen-bond donors (Lipinski definition) is 3. The number of nitrogens with one attached hydrogen (secondary N) is 2. The highest BCUT2D eigenvalue weighted by molar-refractivity contribution is 5.67. The molecular weight excluding hydrogens is 517 g/mol. The molecule has 5 rings (SSSR count). The quantitative estimate of drug-likeness (QED) is 0.388. The van der Waals surface area contributed by atoms with E-state index >= 15 is 0 Å². The summed E-state index contributed by atoms with van der Waals surface area (Å²) in [5.74, 6) is 1.73. The van der Waals surface area contributed by atoms with Crippen LogP contribution in [-0.2, 0) is 0 Å². The van der Waals surface area contributed by atoms with E-state index in [2.05, 4.69) is 20.7 Å². The summed E-state index contributed by atoms with van der Waals surface area (Å²) in [4.78, 5) is 16.9. The van der Waals surface area contributed by atoms with Crippen molar-refractivity contribution >= 4 is 17.7 Å². The molecule has 1 aromatic carbocycles. The van der Waals surface area contributed by atoms with Gasteiger partial charge in [-0.25, -0.2) is 14.5 Å². The molecule has 0 spiro atoms. The molecule has 13 heteroatoms. The summed E-state index contributed by atoms with van der Waals surface area (Å²) in [5, 5.41) is 20.0. The number of aromatic nitrogens is 3. The van der Waals surface area contributed by atoms with Gasteiger partial charge in [0.2, 0.25) is 0 Å². The maximum absolute atomic E-state index is 14.2. The molecule has 2 aliphatic rings. The number of nitrogens with zero attached hydrogens (tertiary/aromatic N) is 4. The summed E-state index contributed by atoms with van der Waals surface area (Å²) >= 11 is 0. The molecule has 2 aromatic heterocycles. The number of benzene rings is 1. The van der Waals surface area contributed by atoms with Gasteiger partial charge >= 0.3 is 12.3 Å². The number of likely N-dealkylation sites (tertiary alicyclic amines) is 1. The molecule has 208 valence electrons. The Hall–Kier alpha value is -4.16. The number of anilines is 2. The van der Waals surface area contributed by atoms with Crippen molar-refractivity contribution in [3.63, 3.8) is 0 Å². The minimum absolute atomic E-state index is 0.0390. The number of alkyl halides is 3. The molecule has 3 aromatic rings. The molecule has 4 heterocycles. The summed E-state index contributed by atoms with van der Waals surface area (Å²) in [5.41, 5.74) is 1.63. The molecule has 1 saturated heterocycles. The zero-order valence-corrected chi connectivity index (χ0v) is 21.4. The van der Waals surface area contributed by atoms with Gasteiger partial charge in [0, 0.05) is 43.4 Å². The van der Waals surface area contributed by atoms with Crippen LogP contribution in [0.5, 0.6) is 11.5 Å². The van der Waals surface area contributed by atoms with Gasteiger partial charge in [0.15, 0.2) is 17.5 Å². The van der Waals surface area contributed by atoms with Crippen molar-refractivity contribution in [3.8, 4) is 22.8 Å². The Balaban J connectivity index is 1.39. The summed E-state index contributed by atoms with van der Waals surface area (Å²) in [6.45, 7) is 0.846. The fourth-order valence-corrected chi connectivity index (χ4v) is 5.10. The summed E-state index contributed by atoms with van der Waals surface area (Å²) < 4.78 is 54.2. The molecule has 39 heavy (non-hydrogen) atoms. The van der Waals surface area contributed by atoms with Crippen molar-refractivity contribution in [2.24, 2.45) is 0 Å². The predicted octanol–water partition coefficient (Wildman–Crippen LogP) is 5.18. The third kappa shape index (κ3) is 5.52. The first-order valence-corrected chi connectivity index (χ1v) is 12.5. The van der Waals surface area contributed by atoms with E-state index in [9.17, 15) is 18.0 Å². The van der Waals surface area contributed by atoms with Crippen LogP contribution < -0.4 is 20.1 Å². The first-order chi connectivity index (χ1) is 18.7. The van der Waals surface area contributed by atoms with Gasteiger partial charge in [-0.1, -0.05) is 6.07 Å². The van der Waals surface area contributed by atoms with E-state index in [-0.39, 0.29) is 18.3 Å². The van der Waals surface area contributed by atoms with Gasteiger partial charge in [0.05, 0.1) is 26.0 Å². The molecule has 2 unspecified atom stereocenters. The fraction of sp³-hybridized carbons (Fsp3) is 0.423. The minimum Gasteiger partial charge on any atom is -0.493 e. The van der Waals surface area contributed by atoms with Gasteiger partial charge < -0.3 is 30.1 Å². The van der Waals surface area contributed by atoms with Crippen LogP contribution in [0.2, 0.25) is 0 Å².